The van der Waals surface area contributed by atoms with E-state index in [1.807, 2.05) is 0 Å². The maximum atomic E-state index is 11.8. The molecule has 4 heteroatoms. The van der Waals surface area contributed by atoms with E-state index in [4.69, 9.17) is 4.74 Å². The molecule has 2 rings (SSSR count). The Labute approximate surface area is 77.5 Å². The summed E-state index contributed by atoms with van der Waals surface area (Å²) < 4.78 is 5.02. The third-order valence-corrected chi connectivity index (χ3v) is 3.27. The molecule has 0 aromatic heterocycles. The first-order valence-electron chi connectivity index (χ1n) is 4.64. The van der Waals surface area contributed by atoms with E-state index in [9.17, 15) is 9.90 Å². The molecule has 0 radical (unpaired) electrons. The number of rotatable bonds is 3. The Morgan fingerprint density at radius 1 is 1.77 bits per heavy atom. The molecule has 0 aromatic rings. The van der Waals surface area contributed by atoms with Crippen LogP contribution >= 0.6 is 0 Å². The van der Waals surface area contributed by atoms with E-state index < -0.39 is 5.54 Å². The second-order valence-corrected chi connectivity index (χ2v) is 3.92. The number of ketones is 1. The number of aliphatic hydroxyl groups excluding tert-OH is 1. The number of nitrogens with zero attached hydrogens (tertiary/aromatic N) is 1. The van der Waals surface area contributed by atoms with Gasteiger partial charge in [-0.15, -0.1) is 0 Å². The molecular formula is C9H15NO3. The Hall–Kier alpha value is -0.450. The third kappa shape index (κ3) is 1.06. The van der Waals surface area contributed by atoms with Gasteiger partial charge in [0, 0.05) is 26.1 Å². The highest BCUT2D eigenvalue weighted by Gasteiger charge is 2.56. The van der Waals surface area contributed by atoms with Gasteiger partial charge in [-0.25, -0.2) is 0 Å². The van der Waals surface area contributed by atoms with Crippen molar-refractivity contribution in [3.8, 4) is 0 Å². The lowest BCUT2D eigenvalue weighted by atomic mass is 9.87. The zero-order valence-corrected chi connectivity index (χ0v) is 7.82. The minimum absolute atomic E-state index is 0.115. The third-order valence-electron chi connectivity index (χ3n) is 3.27. The van der Waals surface area contributed by atoms with Gasteiger partial charge >= 0.3 is 0 Å². The molecule has 0 saturated carbocycles. The summed E-state index contributed by atoms with van der Waals surface area (Å²) in [5, 5.41) is 9.30. The molecule has 0 spiro atoms. The molecule has 4 nitrogen and oxygen atoms in total. The van der Waals surface area contributed by atoms with Gasteiger partial charge in [-0.2, -0.15) is 0 Å². The van der Waals surface area contributed by atoms with Crippen LogP contribution in [-0.2, 0) is 9.53 Å². The topological polar surface area (TPSA) is 49.8 Å². The van der Waals surface area contributed by atoms with Gasteiger partial charge in [0.1, 0.15) is 5.54 Å². The zero-order valence-electron chi connectivity index (χ0n) is 7.82. The van der Waals surface area contributed by atoms with Crippen LogP contribution in [0.2, 0.25) is 0 Å². The highest BCUT2D eigenvalue weighted by atomic mass is 16.5. The van der Waals surface area contributed by atoms with Crippen LogP contribution < -0.4 is 0 Å². The number of hydrogen-bond acceptors (Lipinski definition) is 4. The Bertz CT molecular complexity index is 231. The summed E-state index contributed by atoms with van der Waals surface area (Å²) in [7, 11) is 1.57. The number of hydrogen-bond donors (Lipinski definition) is 1. The van der Waals surface area contributed by atoms with Gasteiger partial charge in [0.2, 0.25) is 0 Å². The number of piperidine rings is 1. The molecule has 1 N–H and O–H groups in total. The number of carbonyl (C=O) groups excluding carboxylic acids is 1. The summed E-state index contributed by atoms with van der Waals surface area (Å²) in [5.41, 5.74) is -0.711. The minimum atomic E-state index is -0.711. The van der Waals surface area contributed by atoms with Gasteiger partial charge in [-0.05, 0) is 6.42 Å². The highest BCUT2D eigenvalue weighted by molar-refractivity contribution is 5.94. The summed E-state index contributed by atoms with van der Waals surface area (Å²) in [6, 6.07) is 0. The standard InChI is InChI=1S/C9H15NO3/c1-13-6-9(5-11)8(12)7-2-3-10(9)4-7/h7,11H,2-6H2,1H3/t7-,9-/m1/s1. The molecule has 0 aromatic carbocycles. The largest absolute Gasteiger partial charge is 0.394 e. The van der Waals surface area contributed by atoms with Crippen molar-refractivity contribution in [2.24, 2.45) is 5.92 Å². The van der Waals surface area contributed by atoms with Crippen LogP contribution in [0, 0.1) is 5.92 Å². The van der Waals surface area contributed by atoms with Crippen molar-refractivity contribution in [2.75, 3.05) is 33.4 Å². The maximum absolute atomic E-state index is 11.8. The lowest BCUT2D eigenvalue weighted by molar-refractivity contribution is -0.135. The van der Waals surface area contributed by atoms with E-state index in [-0.39, 0.29) is 18.3 Å². The fourth-order valence-corrected chi connectivity index (χ4v) is 2.52. The molecule has 2 aliphatic rings. The Morgan fingerprint density at radius 2 is 2.54 bits per heavy atom. The molecule has 1 unspecified atom stereocenters. The lowest BCUT2D eigenvalue weighted by Gasteiger charge is -2.35. The first-order valence-corrected chi connectivity index (χ1v) is 4.64. The molecule has 2 fully saturated rings. The van der Waals surface area contributed by atoms with Gasteiger partial charge in [-0.1, -0.05) is 0 Å². The molecule has 0 aliphatic carbocycles. The van der Waals surface area contributed by atoms with Crippen LogP contribution in [-0.4, -0.2) is 54.7 Å². The van der Waals surface area contributed by atoms with Crippen LogP contribution in [0.4, 0.5) is 0 Å². The monoisotopic (exact) mass is 185 g/mol. The van der Waals surface area contributed by atoms with Crippen LogP contribution in [0.5, 0.6) is 0 Å². The Morgan fingerprint density at radius 3 is 3.00 bits per heavy atom. The molecular weight excluding hydrogens is 170 g/mol. The van der Waals surface area contributed by atoms with Crippen molar-refractivity contribution in [2.45, 2.75) is 12.0 Å². The first kappa shape index (κ1) is 9.12. The van der Waals surface area contributed by atoms with E-state index in [1.165, 1.54) is 0 Å². The van der Waals surface area contributed by atoms with Crippen molar-refractivity contribution in [3.63, 3.8) is 0 Å². The molecule has 0 amide bonds. The summed E-state index contributed by atoms with van der Waals surface area (Å²) in [4.78, 5) is 13.9. The lowest BCUT2D eigenvalue weighted by Crippen LogP contribution is -2.57. The number of carbonyl (C=O) groups is 1. The van der Waals surface area contributed by atoms with Gasteiger partial charge in [0.15, 0.2) is 5.78 Å². The predicted octanol–water partition coefficient (Wildman–Crippen LogP) is -0.731. The molecule has 2 heterocycles. The number of aliphatic hydroxyl groups is 1. The van der Waals surface area contributed by atoms with Crippen LogP contribution in [0.1, 0.15) is 6.42 Å². The van der Waals surface area contributed by atoms with Gasteiger partial charge in [-0.3, -0.25) is 9.69 Å². The summed E-state index contributed by atoms with van der Waals surface area (Å²) in [6.07, 6.45) is 0.949. The SMILES string of the molecule is COC[C@]1(CO)C(=O)[C@@H]2CCN1C2. The number of Topliss-reactive ketones (excluding diaryl/α,β-unsaturated/α-hetero) is 1. The van der Waals surface area contributed by atoms with Gasteiger partial charge in [0.25, 0.3) is 0 Å². The number of methoxy groups -OCH3 is 1. The van der Waals surface area contributed by atoms with E-state index in [1.54, 1.807) is 7.11 Å². The van der Waals surface area contributed by atoms with Crippen LogP contribution in [0.25, 0.3) is 0 Å². The van der Waals surface area contributed by atoms with E-state index >= 15 is 0 Å². The quantitative estimate of drug-likeness (QED) is 0.629. The second-order valence-electron chi connectivity index (χ2n) is 3.92. The van der Waals surface area contributed by atoms with Crippen molar-refractivity contribution in [1.29, 1.82) is 0 Å². The van der Waals surface area contributed by atoms with E-state index in [0.717, 1.165) is 19.5 Å². The molecule has 74 valence electrons. The molecule has 2 bridgehead atoms. The van der Waals surface area contributed by atoms with Crippen molar-refractivity contribution < 1.29 is 14.6 Å². The summed E-state index contributed by atoms with van der Waals surface area (Å²) >= 11 is 0. The van der Waals surface area contributed by atoms with Crippen LogP contribution in [0.15, 0.2) is 0 Å². The zero-order chi connectivity index (χ0) is 9.47. The Kier molecular flexibility index (Phi) is 2.14. The van der Waals surface area contributed by atoms with Crippen molar-refractivity contribution in [1.82, 2.24) is 4.90 Å². The van der Waals surface area contributed by atoms with Gasteiger partial charge < -0.3 is 9.84 Å². The molecule has 3 atom stereocenters. The average Bonchev–Trinajstić information content (AvgIpc) is 2.69. The molecule has 2 saturated heterocycles. The normalized spacial score (nSPS) is 43.1. The van der Waals surface area contributed by atoms with E-state index in [2.05, 4.69) is 4.90 Å². The minimum Gasteiger partial charge on any atom is -0.394 e. The van der Waals surface area contributed by atoms with Crippen LogP contribution in [0.3, 0.4) is 0 Å². The smallest absolute Gasteiger partial charge is 0.162 e. The van der Waals surface area contributed by atoms with Crippen molar-refractivity contribution >= 4 is 5.78 Å². The fraction of sp³-hybridized carbons (Fsp3) is 0.889. The first-order chi connectivity index (χ1) is 6.24. The highest BCUT2D eigenvalue weighted by Crippen LogP contribution is 2.37. The van der Waals surface area contributed by atoms with Crippen molar-refractivity contribution in [3.05, 3.63) is 0 Å². The predicted molar refractivity (Wildman–Crippen MR) is 46.4 cm³/mol. The number of ether oxygens (including phenoxy) is 1. The molecule has 2 aliphatic heterocycles. The van der Waals surface area contributed by atoms with E-state index in [0.29, 0.717) is 6.61 Å². The molecule has 13 heavy (non-hydrogen) atoms. The summed E-state index contributed by atoms with van der Waals surface area (Å²) in [5.74, 6) is 0.311. The second kappa shape index (κ2) is 3.04. The maximum Gasteiger partial charge on any atom is 0.162 e. The number of fused-ring (bicyclic) bond motifs is 2. The fourth-order valence-electron chi connectivity index (χ4n) is 2.52. The van der Waals surface area contributed by atoms with Gasteiger partial charge in [0.05, 0.1) is 13.2 Å². The summed E-state index contributed by atoms with van der Waals surface area (Å²) in [6.45, 7) is 1.93. The Balaban J connectivity index is 2.24. The average molecular weight is 185 g/mol.